The van der Waals surface area contributed by atoms with E-state index in [-0.39, 0.29) is 16.3 Å². The lowest BCUT2D eigenvalue weighted by Gasteiger charge is -2.14. The van der Waals surface area contributed by atoms with Crippen LogP contribution in [-0.2, 0) is 0 Å². The molecule has 0 atom stereocenters. The molecule has 0 bridgehead atoms. The Kier molecular flexibility index (Phi) is 5.43. The van der Waals surface area contributed by atoms with Crippen LogP contribution in [0, 0.1) is 22.6 Å². The fraction of sp³-hybridized carbons (Fsp3) is 0.500. The number of hydrogen-bond acceptors (Lipinski definition) is 2. The standard InChI is InChI=1S/C14H17ClFNO/c1-14(2,10-17)7-3-4-8-18-13-6-5-11(16)9-12(13)15/h5-6,9H,3-4,7-8H2,1-2H3. The van der Waals surface area contributed by atoms with Gasteiger partial charge in [-0.05, 0) is 51.3 Å². The van der Waals surface area contributed by atoms with Gasteiger partial charge in [0.1, 0.15) is 11.6 Å². The van der Waals surface area contributed by atoms with Gasteiger partial charge in [0.25, 0.3) is 0 Å². The van der Waals surface area contributed by atoms with Gasteiger partial charge in [0.15, 0.2) is 0 Å². The van der Waals surface area contributed by atoms with Gasteiger partial charge >= 0.3 is 0 Å². The van der Waals surface area contributed by atoms with Crippen LogP contribution in [0.25, 0.3) is 0 Å². The molecule has 1 rings (SSSR count). The number of benzene rings is 1. The first-order chi connectivity index (χ1) is 8.44. The van der Waals surface area contributed by atoms with Crippen molar-refractivity contribution in [3.05, 3.63) is 29.0 Å². The van der Waals surface area contributed by atoms with Gasteiger partial charge in [-0.15, -0.1) is 0 Å². The first-order valence-electron chi connectivity index (χ1n) is 5.94. The number of halogens is 2. The van der Waals surface area contributed by atoms with Crippen molar-refractivity contribution in [2.75, 3.05) is 6.61 Å². The molecule has 0 aliphatic carbocycles. The van der Waals surface area contributed by atoms with E-state index in [4.69, 9.17) is 21.6 Å². The van der Waals surface area contributed by atoms with Gasteiger partial charge in [-0.2, -0.15) is 5.26 Å². The van der Waals surface area contributed by atoms with Gasteiger partial charge in [-0.3, -0.25) is 0 Å². The summed E-state index contributed by atoms with van der Waals surface area (Å²) in [6, 6.07) is 6.34. The Labute approximate surface area is 112 Å². The summed E-state index contributed by atoms with van der Waals surface area (Å²) >= 11 is 5.83. The van der Waals surface area contributed by atoms with Crippen LogP contribution in [0.5, 0.6) is 5.75 Å². The summed E-state index contributed by atoms with van der Waals surface area (Å²) in [6.45, 7) is 4.36. The average Bonchev–Trinajstić information content (AvgIpc) is 2.31. The highest BCUT2D eigenvalue weighted by molar-refractivity contribution is 6.32. The molecule has 0 unspecified atom stereocenters. The van der Waals surface area contributed by atoms with Crippen LogP contribution in [0.2, 0.25) is 5.02 Å². The minimum Gasteiger partial charge on any atom is -0.492 e. The number of hydrogen-bond donors (Lipinski definition) is 0. The maximum absolute atomic E-state index is 12.8. The Morgan fingerprint density at radius 2 is 2.11 bits per heavy atom. The van der Waals surface area contributed by atoms with E-state index in [1.807, 2.05) is 13.8 Å². The molecule has 0 spiro atoms. The molecular weight excluding hydrogens is 253 g/mol. The van der Waals surface area contributed by atoms with E-state index in [1.165, 1.54) is 18.2 Å². The van der Waals surface area contributed by atoms with Crippen LogP contribution < -0.4 is 4.74 Å². The number of nitriles is 1. The predicted molar refractivity (Wildman–Crippen MR) is 70.2 cm³/mol. The fourth-order valence-corrected chi connectivity index (χ4v) is 1.72. The highest BCUT2D eigenvalue weighted by atomic mass is 35.5. The van der Waals surface area contributed by atoms with Gasteiger partial charge in [0.05, 0.1) is 23.1 Å². The van der Waals surface area contributed by atoms with E-state index in [0.29, 0.717) is 12.4 Å². The molecule has 0 aliphatic heterocycles. The van der Waals surface area contributed by atoms with E-state index in [1.54, 1.807) is 0 Å². The average molecular weight is 270 g/mol. The highest BCUT2D eigenvalue weighted by Gasteiger charge is 2.15. The van der Waals surface area contributed by atoms with Crippen molar-refractivity contribution in [1.29, 1.82) is 5.26 Å². The monoisotopic (exact) mass is 269 g/mol. The van der Waals surface area contributed by atoms with Gasteiger partial charge in [-0.1, -0.05) is 11.6 Å². The minimum absolute atomic E-state index is 0.284. The summed E-state index contributed by atoms with van der Waals surface area (Å²) in [5.74, 6) is 0.126. The summed E-state index contributed by atoms with van der Waals surface area (Å²) in [6.07, 6.45) is 2.60. The number of nitrogens with zero attached hydrogens (tertiary/aromatic N) is 1. The summed E-state index contributed by atoms with van der Waals surface area (Å²) in [5, 5.41) is 9.14. The SMILES string of the molecule is CC(C)(C#N)CCCCOc1ccc(F)cc1Cl. The third-order valence-electron chi connectivity index (χ3n) is 2.65. The van der Waals surface area contributed by atoms with E-state index < -0.39 is 0 Å². The molecule has 0 aliphatic rings. The summed E-state index contributed by atoms with van der Waals surface area (Å²) in [7, 11) is 0. The molecule has 2 nitrogen and oxygen atoms in total. The maximum atomic E-state index is 12.8. The Balaban J connectivity index is 2.29. The van der Waals surface area contributed by atoms with Crippen LogP contribution in [0.3, 0.4) is 0 Å². The largest absolute Gasteiger partial charge is 0.492 e. The molecule has 0 radical (unpaired) electrons. The quantitative estimate of drug-likeness (QED) is 0.708. The van der Waals surface area contributed by atoms with Crippen LogP contribution in [0.4, 0.5) is 4.39 Å². The van der Waals surface area contributed by atoms with Crippen molar-refractivity contribution in [3.8, 4) is 11.8 Å². The smallest absolute Gasteiger partial charge is 0.138 e. The van der Waals surface area contributed by atoms with Crippen LogP contribution in [0.1, 0.15) is 33.1 Å². The van der Waals surface area contributed by atoms with E-state index in [9.17, 15) is 4.39 Å². The van der Waals surface area contributed by atoms with Crippen LogP contribution >= 0.6 is 11.6 Å². The lowest BCUT2D eigenvalue weighted by molar-refractivity contribution is 0.294. The second kappa shape index (κ2) is 6.61. The van der Waals surface area contributed by atoms with Crippen molar-refractivity contribution in [1.82, 2.24) is 0 Å². The molecule has 0 aromatic heterocycles. The second-order valence-corrected chi connectivity index (χ2v) is 5.28. The van der Waals surface area contributed by atoms with Crippen LogP contribution in [-0.4, -0.2) is 6.61 Å². The molecule has 4 heteroatoms. The highest BCUT2D eigenvalue weighted by Crippen LogP contribution is 2.25. The van der Waals surface area contributed by atoms with E-state index in [2.05, 4.69) is 6.07 Å². The molecule has 18 heavy (non-hydrogen) atoms. The Morgan fingerprint density at radius 1 is 1.39 bits per heavy atom. The predicted octanol–water partition coefficient (Wildman–Crippen LogP) is 4.58. The molecule has 0 heterocycles. The summed E-state index contributed by atoms with van der Waals surface area (Å²) in [5.41, 5.74) is -0.284. The Hall–Kier alpha value is -1.27. The number of rotatable bonds is 6. The van der Waals surface area contributed by atoms with Crippen molar-refractivity contribution >= 4 is 11.6 Å². The molecular formula is C14H17ClFNO. The zero-order valence-electron chi connectivity index (χ0n) is 10.7. The van der Waals surface area contributed by atoms with Crippen molar-refractivity contribution in [2.24, 2.45) is 5.41 Å². The van der Waals surface area contributed by atoms with Gasteiger partial charge < -0.3 is 4.74 Å². The van der Waals surface area contributed by atoms with Gasteiger partial charge in [0, 0.05) is 0 Å². The molecule has 0 amide bonds. The minimum atomic E-state index is -0.372. The molecule has 0 saturated heterocycles. The number of unbranched alkanes of at least 4 members (excludes halogenated alkanes) is 1. The third kappa shape index (κ3) is 4.93. The van der Waals surface area contributed by atoms with E-state index in [0.717, 1.165) is 19.3 Å². The third-order valence-corrected chi connectivity index (χ3v) is 2.95. The van der Waals surface area contributed by atoms with Crippen molar-refractivity contribution in [3.63, 3.8) is 0 Å². The number of ether oxygens (including phenoxy) is 1. The first-order valence-corrected chi connectivity index (χ1v) is 6.31. The lowest BCUT2D eigenvalue weighted by atomic mass is 9.89. The zero-order chi connectivity index (χ0) is 13.6. The van der Waals surface area contributed by atoms with Gasteiger partial charge in [-0.25, -0.2) is 4.39 Å². The molecule has 1 aromatic carbocycles. The lowest BCUT2D eigenvalue weighted by Crippen LogP contribution is -2.08. The van der Waals surface area contributed by atoms with Crippen molar-refractivity contribution < 1.29 is 9.13 Å². The summed E-state index contributed by atoms with van der Waals surface area (Å²) in [4.78, 5) is 0. The zero-order valence-corrected chi connectivity index (χ0v) is 11.4. The Bertz CT molecular complexity index is 440. The van der Waals surface area contributed by atoms with Crippen molar-refractivity contribution in [2.45, 2.75) is 33.1 Å². The second-order valence-electron chi connectivity index (χ2n) is 4.88. The first kappa shape index (κ1) is 14.8. The molecule has 0 saturated carbocycles. The normalized spacial score (nSPS) is 11.1. The molecule has 0 N–H and O–H groups in total. The van der Waals surface area contributed by atoms with Gasteiger partial charge in [0.2, 0.25) is 0 Å². The topological polar surface area (TPSA) is 33.0 Å². The molecule has 98 valence electrons. The fourth-order valence-electron chi connectivity index (χ4n) is 1.50. The maximum Gasteiger partial charge on any atom is 0.138 e. The van der Waals surface area contributed by atoms with Crippen LogP contribution in [0.15, 0.2) is 18.2 Å². The van der Waals surface area contributed by atoms with E-state index >= 15 is 0 Å². The molecule has 1 aromatic rings. The Morgan fingerprint density at radius 3 is 2.72 bits per heavy atom. The molecule has 0 fully saturated rings. The summed E-state index contributed by atoms with van der Waals surface area (Å²) < 4.78 is 18.2.